The number of pyridine rings is 1. The summed E-state index contributed by atoms with van der Waals surface area (Å²) in [4.78, 5) is 4.05. The molecule has 2 aromatic rings. The van der Waals surface area contributed by atoms with Crippen LogP contribution in [0.4, 0.5) is 0 Å². The largest absolute Gasteiger partial charge is 0.263 e. The van der Waals surface area contributed by atoms with E-state index >= 15 is 0 Å². The SMILES string of the molecule is O=S(=O)(NCC1CCN(S(=O)(=O)c2cccnc2)CC1)c1cccs1. The second-order valence-corrected chi connectivity index (χ2v) is 10.7. The van der Waals surface area contributed by atoms with Crippen molar-refractivity contribution < 1.29 is 16.8 Å². The number of hydrogen-bond donors (Lipinski definition) is 1. The smallest absolute Gasteiger partial charge is 0.250 e. The molecule has 0 aliphatic carbocycles. The fourth-order valence-electron chi connectivity index (χ4n) is 2.72. The van der Waals surface area contributed by atoms with Crippen LogP contribution in [0.1, 0.15) is 12.8 Å². The van der Waals surface area contributed by atoms with Gasteiger partial charge in [-0.2, -0.15) is 4.31 Å². The summed E-state index contributed by atoms with van der Waals surface area (Å²) in [5.74, 6) is 0.120. The Labute approximate surface area is 151 Å². The van der Waals surface area contributed by atoms with E-state index in [9.17, 15) is 16.8 Å². The number of hydrogen-bond acceptors (Lipinski definition) is 6. The molecule has 3 heterocycles. The molecule has 2 aromatic heterocycles. The highest BCUT2D eigenvalue weighted by molar-refractivity contribution is 7.91. The van der Waals surface area contributed by atoms with E-state index in [2.05, 4.69) is 9.71 Å². The molecule has 0 saturated carbocycles. The summed E-state index contributed by atoms with van der Waals surface area (Å²) >= 11 is 1.17. The zero-order chi connectivity index (χ0) is 17.9. The number of aromatic nitrogens is 1. The summed E-state index contributed by atoms with van der Waals surface area (Å²) in [7, 11) is -7.00. The first-order valence-electron chi connectivity index (χ1n) is 7.83. The highest BCUT2D eigenvalue weighted by atomic mass is 32.2. The maximum atomic E-state index is 12.5. The van der Waals surface area contributed by atoms with Crippen LogP contribution in [0.15, 0.2) is 51.1 Å². The van der Waals surface area contributed by atoms with E-state index in [0.717, 1.165) is 0 Å². The predicted octanol–water partition coefficient (Wildman–Crippen LogP) is 1.52. The molecule has 1 fully saturated rings. The van der Waals surface area contributed by atoms with Gasteiger partial charge in [0.15, 0.2) is 0 Å². The molecule has 0 bridgehead atoms. The number of nitrogens with zero attached hydrogens (tertiary/aromatic N) is 2. The summed E-state index contributed by atoms with van der Waals surface area (Å²) < 4.78 is 53.7. The third-order valence-electron chi connectivity index (χ3n) is 4.17. The van der Waals surface area contributed by atoms with Crippen LogP contribution >= 0.6 is 11.3 Å². The lowest BCUT2D eigenvalue weighted by Gasteiger charge is -2.31. The molecule has 0 unspecified atom stereocenters. The average Bonchev–Trinajstić information content (AvgIpc) is 3.17. The van der Waals surface area contributed by atoms with Crippen molar-refractivity contribution in [1.29, 1.82) is 0 Å². The van der Waals surface area contributed by atoms with Crippen molar-refractivity contribution in [2.75, 3.05) is 19.6 Å². The molecule has 0 aromatic carbocycles. The van der Waals surface area contributed by atoms with Crippen molar-refractivity contribution in [3.8, 4) is 0 Å². The molecular weight excluding hydrogens is 382 g/mol. The topological polar surface area (TPSA) is 96.4 Å². The second-order valence-electron chi connectivity index (χ2n) is 5.82. The summed E-state index contributed by atoms with van der Waals surface area (Å²) in [5.41, 5.74) is 0. The second kappa shape index (κ2) is 7.50. The first-order valence-corrected chi connectivity index (χ1v) is 11.6. The molecule has 1 saturated heterocycles. The van der Waals surface area contributed by atoms with Crippen LogP contribution in [-0.4, -0.2) is 45.8 Å². The van der Waals surface area contributed by atoms with E-state index in [0.29, 0.717) is 36.7 Å². The maximum Gasteiger partial charge on any atom is 0.250 e. The Morgan fingerprint density at radius 2 is 1.92 bits per heavy atom. The fraction of sp³-hybridized carbons (Fsp3) is 0.400. The highest BCUT2D eigenvalue weighted by Gasteiger charge is 2.30. The van der Waals surface area contributed by atoms with Gasteiger partial charge in [-0.3, -0.25) is 4.98 Å². The van der Waals surface area contributed by atoms with Gasteiger partial charge in [0.2, 0.25) is 20.0 Å². The molecule has 0 spiro atoms. The molecule has 10 heteroatoms. The minimum Gasteiger partial charge on any atom is -0.263 e. The Kier molecular flexibility index (Phi) is 5.54. The highest BCUT2D eigenvalue weighted by Crippen LogP contribution is 2.23. The molecule has 1 aliphatic rings. The van der Waals surface area contributed by atoms with E-state index < -0.39 is 20.0 Å². The van der Waals surface area contributed by atoms with Crippen molar-refractivity contribution in [3.05, 3.63) is 42.0 Å². The lowest BCUT2D eigenvalue weighted by atomic mass is 9.99. The molecule has 3 rings (SSSR count). The number of rotatable bonds is 6. The van der Waals surface area contributed by atoms with Gasteiger partial charge in [0.25, 0.3) is 0 Å². The van der Waals surface area contributed by atoms with Crippen LogP contribution in [0.3, 0.4) is 0 Å². The van der Waals surface area contributed by atoms with Crippen molar-refractivity contribution >= 4 is 31.4 Å². The van der Waals surface area contributed by atoms with E-state index in [1.54, 1.807) is 23.6 Å². The number of nitrogens with one attached hydrogen (secondary N) is 1. The first kappa shape index (κ1) is 18.5. The van der Waals surface area contributed by atoms with E-state index in [1.807, 2.05) is 0 Å². The molecule has 0 amide bonds. The van der Waals surface area contributed by atoms with Crippen LogP contribution in [0.5, 0.6) is 0 Å². The Hall–Kier alpha value is -1.33. The Balaban J connectivity index is 1.56. The van der Waals surface area contributed by atoms with Crippen molar-refractivity contribution in [1.82, 2.24) is 14.0 Å². The molecule has 136 valence electrons. The summed E-state index contributed by atoms with van der Waals surface area (Å²) in [6.07, 6.45) is 4.11. The van der Waals surface area contributed by atoms with E-state index in [4.69, 9.17) is 0 Å². The molecular formula is C15H19N3O4S3. The van der Waals surface area contributed by atoms with Gasteiger partial charge in [-0.25, -0.2) is 21.6 Å². The van der Waals surface area contributed by atoms with Gasteiger partial charge < -0.3 is 0 Å². The summed E-state index contributed by atoms with van der Waals surface area (Å²) in [6.45, 7) is 1.08. The number of thiophene rings is 1. The van der Waals surface area contributed by atoms with Crippen LogP contribution < -0.4 is 4.72 Å². The lowest BCUT2D eigenvalue weighted by Crippen LogP contribution is -2.41. The number of sulfonamides is 2. The third-order valence-corrected chi connectivity index (χ3v) is 8.87. The standard InChI is InChI=1S/C15H19N3O4S3/c19-24(20,15-4-2-10-23-15)17-11-13-5-8-18(9-6-13)25(21,22)14-3-1-7-16-12-14/h1-4,7,10,12-13,17H,5-6,8-9,11H2. The summed E-state index contributed by atoms with van der Waals surface area (Å²) in [6, 6.07) is 6.39. The first-order chi connectivity index (χ1) is 11.9. The molecule has 25 heavy (non-hydrogen) atoms. The van der Waals surface area contributed by atoms with Crippen LogP contribution in [0, 0.1) is 5.92 Å². The predicted molar refractivity (Wildman–Crippen MR) is 95.2 cm³/mol. The normalized spacial score (nSPS) is 17.6. The molecule has 1 N–H and O–H groups in total. The molecule has 0 radical (unpaired) electrons. The lowest BCUT2D eigenvalue weighted by molar-refractivity contribution is 0.274. The van der Waals surface area contributed by atoms with Gasteiger partial charge in [0.1, 0.15) is 9.10 Å². The van der Waals surface area contributed by atoms with Gasteiger partial charge in [-0.05, 0) is 42.3 Å². The monoisotopic (exact) mass is 401 g/mol. The van der Waals surface area contributed by atoms with Gasteiger partial charge in [0, 0.05) is 32.0 Å². The zero-order valence-electron chi connectivity index (χ0n) is 13.4. The summed E-state index contributed by atoms with van der Waals surface area (Å²) in [5, 5.41) is 1.72. The van der Waals surface area contributed by atoms with Gasteiger partial charge >= 0.3 is 0 Å². The van der Waals surface area contributed by atoms with Crippen molar-refractivity contribution in [3.63, 3.8) is 0 Å². The Morgan fingerprint density at radius 3 is 2.52 bits per heavy atom. The van der Waals surface area contributed by atoms with Crippen molar-refractivity contribution in [2.45, 2.75) is 21.9 Å². The third kappa shape index (κ3) is 4.26. The number of piperidine rings is 1. The zero-order valence-corrected chi connectivity index (χ0v) is 15.9. The van der Waals surface area contributed by atoms with Crippen LogP contribution in [0.25, 0.3) is 0 Å². The Morgan fingerprint density at radius 1 is 1.16 bits per heavy atom. The maximum absolute atomic E-state index is 12.5. The molecule has 0 atom stereocenters. The quantitative estimate of drug-likeness (QED) is 0.792. The average molecular weight is 402 g/mol. The molecule has 1 aliphatic heterocycles. The van der Waals surface area contributed by atoms with Gasteiger partial charge in [-0.1, -0.05) is 6.07 Å². The van der Waals surface area contributed by atoms with Crippen LogP contribution in [0.2, 0.25) is 0 Å². The van der Waals surface area contributed by atoms with Gasteiger partial charge in [0.05, 0.1) is 0 Å². The van der Waals surface area contributed by atoms with E-state index in [-0.39, 0.29) is 10.8 Å². The van der Waals surface area contributed by atoms with Crippen molar-refractivity contribution in [2.24, 2.45) is 5.92 Å². The Bertz CT molecular complexity index is 889. The molecule has 7 nitrogen and oxygen atoms in total. The van der Waals surface area contributed by atoms with Gasteiger partial charge in [-0.15, -0.1) is 11.3 Å². The minimum absolute atomic E-state index is 0.120. The fourth-order valence-corrected chi connectivity index (χ4v) is 6.31. The minimum atomic E-state index is -3.53. The van der Waals surface area contributed by atoms with Crippen LogP contribution in [-0.2, 0) is 20.0 Å². The van der Waals surface area contributed by atoms with E-state index in [1.165, 1.54) is 34.1 Å².